The van der Waals surface area contributed by atoms with E-state index in [1.807, 2.05) is 25.1 Å². The fourth-order valence-electron chi connectivity index (χ4n) is 8.92. The van der Waals surface area contributed by atoms with Crippen molar-refractivity contribution in [2.24, 2.45) is 34.5 Å². The van der Waals surface area contributed by atoms with Crippen LogP contribution in [-0.2, 0) is 16.0 Å². The van der Waals surface area contributed by atoms with E-state index in [9.17, 15) is 19.8 Å². The first-order valence-electron chi connectivity index (χ1n) is 13.2. The van der Waals surface area contributed by atoms with E-state index in [4.69, 9.17) is 9.47 Å². The van der Waals surface area contributed by atoms with Crippen molar-refractivity contribution in [2.45, 2.75) is 57.2 Å². The number of benzene rings is 1. The first-order valence-corrected chi connectivity index (χ1v) is 13.2. The van der Waals surface area contributed by atoms with E-state index >= 15 is 0 Å². The van der Waals surface area contributed by atoms with Gasteiger partial charge < -0.3 is 25.0 Å². The van der Waals surface area contributed by atoms with Crippen molar-refractivity contribution < 1.29 is 29.3 Å². The van der Waals surface area contributed by atoms with Crippen molar-refractivity contribution >= 4 is 11.7 Å². The van der Waals surface area contributed by atoms with Crippen LogP contribution in [-0.4, -0.2) is 46.9 Å². The second-order valence-corrected chi connectivity index (χ2v) is 12.2. The molecule has 1 aromatic carbocycles. The average Bonchev–Trinajstić information content (AvgIpc) is 3.50. The predicted octanol–water partition coefficient (Wildman–Crippen LogP) is 2.69. The predicted molar refractivity (Wildman–Crippen MR) is 130 cm³/mol. The zero-order chi connectivity index (χ0) is 25.0. The molecule has 1 spiro atoms. The van der Waals surface area contributed by atoms with Gasteiger partial charge in [0.1, 0.15) is 5.78 Å². The Hall–Kier alpha value is -2.64. The van der Waals surface area contributed by atoms with Crippen molar-refractivity contribution in [1.29, 1.82) is 0 Å². The van der Waals surface area contributed by atoms with E-state index in [1.54, 1.807) is 0 Å². The number of carbonyl (C=O) groups excluding carboxylic acids is 2. The minimum absolute atomic E-state index is 0.0524. The molecule has 0 aromatic heterocycles. The number of Topliss-reactive ketones (excluding diaryl/α,β-unsaturated/α-hetero) is 1. The molecule has 1 amide bonds. The van der Waals surface area contributed by atoms with Gasteiger partial charge in [0.2, 0.25) is 12.7 Å². The summed E-state index contributed by atoms with van der Waals surface area (Å²) in [6.45, 7) is 6.76. The van der Waals surface area contributed by atoms with Gasteiger partial charge in [-0.2, -0.15) is 0 Å². The van der Waals surface area contributed by atoms with Crippen molar-refractivity contribution in [2.75, 3.05) is 13.3 Å². The molecule has 7 nitrogen and oxygen atoms in total. The molecule has 1 aromatic rings. The molecule has 7 heteroatoms. The van der Waals surface area contributed by atoms with Crippen LogP contribution in [0.4, 0.5) is 0 Å². The smallest absolute Gasteiger partial charge is 0.231 e. The Morgan fingerprint density at radius 2 is 2.08 bits per heavy atom. The lowest BCUT2D eigenvalue weighted by Gasteiger charge is -2.43. The number of rotatable bonds is 4. The summed E-state index contributed by atoms with van der Waals surface area (Å²) < 4.78 is 10.9. The number of ether oxygens (including phenoxy) is 2. The Kier molecular flexibility index (Phi) is 4.53. The van der Waals surface area contributed by atoms with E-state index < -0.39 is 28.5 Å². The van der Waals surface area contributed by atoms with Gasteiger partial charge in [0.05, 0.1) is 23.0 Å². The first-order chi connectivity index (χ1) is 17.2. The molecule has 4 fully saturated rings. The van der Waals surface area contributed by atoms with Crippen LogP contribution in [0.3, 0.4) is 0 Å². The zero-order valence-corrected chi connectivity index (χ0v) is 20.6. The molecule has 0 saturated heterocycles. The molecule has 190 valence electrons. The number of nitrogens with one attached hydrogen (secondary N) is 1. The third kappa shape index (κ3) is 2.71. The first kappa shape index (κ1) is 22.5. The van der Waals surface area contributed by atoms with Gasteiger partial charge in [0.25, 0.3) is 0 Å². The van der Waals surface area contributed by atoms with Crippen molar-refractivity contribution in [3.63, 3.8) is 0 Å². The maximum absolute atomic E-state index is 14.1. The van der Waals surface area contributed by atoms with Crippen LogP contribution in [0.2, 0.25) is 0 Å². The van der Waals surface area contributed by atoms with Gasteiger partial charge in [-0.3, -0.25) is 9.59 Å². The number of allylic oxidation sites excluding steroid dienone is 1. The number of fused-ring (bicyclic) bond motifs is 7. The standard InChI is InChI=1S/C29H33NO6/c1-15-12-28-13-29(15,34)7-5-19(28)18-10-17-11-22(31)27(2,25(17)32)23(18)24(28)26(33)30-8-6-16-3-4-20-21(9-16)36-14-35-20/h3-4,9-10,17,19,23-25,32,34H,1,5-8,11-14H2,2H3,(H,30,33)/t17-,19-,23?,24+,25-,27-,28-,29-/m0/s1. The van der Waals surface area contributed by atoms with Crippen molar-refractivity contribution in [3.8, 4) is 11.5 Å². The number of aliphatic hydroxyl groups is 2. The number of aliphatic hydroxyl groups excluding tert-OH is 1. The average molecular weight is 492 g/mol. The zero-order valence-electron chi connectivity index (χ0n) is 20.6. The summed E-state index contributed by atoms with van der Waals surface area (Å²) in [5, 5.41) is 25.8. The fourth-order valence-corrected chi connectivity index (χ4v) is 8.92. The SMILES string of the molecule is C=C1C[C@]23C[C@@]1(O)CC[C@H]2C1=C[C@H]2CC(=O)[C@@](C)(C1[C@@H]3C(=O)NCCc1ccc3c(c1)OCO3)[C@H]2O. The van der Waals surface area contributed by atoms with E-state index in [-0.39, 0.29) is 36.2 Å². The van der Waals surface area contributed by atoms with Crippen molar-refractivity contribution in [1.82, 2.24) is 5.32 Å². The Morgan fingerprint density at radius 1 is 1.28 bits per heavy atom. The molecule has 1 unspecified atom stereocenters. The lowest BCUT2D eigenvalue weighted by Crippen LogP contribution is -2.52. The summed E-state index contributed by atoms with van der Waals surface area (Å²) in [7, 11) is 0. The number of amides is 1. The summed E-state index contributed by atoms with van der Waals surface area (Å²) in [5.74, 6) is 0.539. The van der Waals surface area contributed by atoms with Crippen LogP contribution in [0.1, 0.15) is 44.6 Å². The fraction of sp³-hybridized carbons (Fsp3) is 0.586. The topological polar surface area (TPSA) is 105 Å². The summed E-state index contributed by atoms with van der Waals surface area (Å²) in [5.41, 5.74) is 0.644. The van der Waals surface area contributed by atoms with Crippen LogP contribution >= 0.6 is 0 Å². The highest BCUT2D eigenvalue weighted by molar-refractivity contribution is 5.92. The van der Waals surface area contributed by atoms with Crippen LogP contribution in [0.5, 0.6) is 11.5 Å². The minimum atomic E-state index is -0.970. The normalized spacial score (nSPS) is 43.3. The maximum Gasteiger partial charge on any atom is 0.231 e. The minimum Gasteiger partial charge on any atom is -0.454 e. The largest absolute Gasteiger partial charge is 0.454 e. The molecule has 6 aliphatic rings. The number of carbonyl (C=O) groups is 2. The quantitative estimate of drug-likeness (QED) is 0.560. The Labute approximate surface area is 210 Å². The van der Waals surface area contributed by atoms with Crippen LogP contribution in [0, 0.1) is 34.5 Å². The van der Waals surface area contributed by atoms with Crippen LogP contribution in [0.15, 0.2) is 42.0 Å². The second kappa shape index (κ2) is 7.23. The Bertz CT molecular complexity index is 1240. The molecule has 36 heavy (non-hydrogen) atoms. The second-order valence-electron chi connectivity index (χ2n) is 12.2. The van der Waals surface area contributed by atoms with Gasteiger partial charge in [-0.15, -0.1) is 0 Å². The molecule has 4 bridgehead atoms. The van der Waals surface area contributed by atoms with Gasteiger partial charge in [-0.25, -0.2) is 0 Å². The number of ketones is 1. The highest BCUT2D eigenvalue weighted by atomic mass is 16.7. The van der Waals surface area contributed by atoms with Gasteiger partial charge in [0.15, 0.2) is 11.5 Å². The van der Waals surface area contributed by atoms with Gasteiger partial charge >= 0.3 is 0 Å². The lowest BCUT2D eigenvalue weighted by molar-refractivity contribution is -0.141. The molecule has 5 aliphatic carbocycles. The monoisotopic (exact) mass is 491 g/mol. The molecule has 1 aliphatic heterocycles. The Morgan fingerprint density at radius 3 is 2.92 bits per heavy atom. The van der Waals surface area contributed by atoms with Crippen LogP contribution < -0.4 is 14.8 Å². The third-order valence-corrected chi connectivity index (χ3v) is 10.6. The number of hydrogen-bond donors (Lipinski definition) is 3. The third-order valence-electron chi connectivity index (χ3n) is 10.6. The molecule has 3 N–H and O–H groups in total. The summed E-state index contributed by atoms with van der Waals surface area (Å²) in [6, 6.07) is 5.80. The van der Waals surface area contributed by atoms with Gasteiger partial charge in [-0.05, 0) is 73.6 Å². The van der Waals surface area contributed by atoms with E-state index in [0.717, 1.165) is 29.1 Å². The summed E-state index contributed by atoms with van der Waals surface area (Å²) in [6.07, 6.45) is 4.84. The lowest BCUT2D eigenvalue weighted by atomic mass is 9.60. The van der Waals surface area contributed by atoms with E-state index in [2.05, 4.69) is 18.0 Å². The van der Waals surface area contributed by atoms with Gasteiger partial charge in [-0.1, -0.05) is 24.3 Å². The highest BCUT2D eigenvalue weighted by Crippen LogP contribution is 2.74. The van der Waals surface area contributed by atoms with E-state index in [1.165, 1.54) is 5.57 Å². The molecule has 1 heterocycles. The molecule has 8 atom stereocenters. The molecule has 4 saturated carbocycles. The molecular weight excluding hydrogens is 458 g/mol. The number of hydrogen-bond acceptors (Lipinski definition) is 6. The van der Waals surface area contributed by atoms with Gasteiger partial charge in [0, 0.05) is 24.8 Å². The Balaban J connectivity index is 1.21. The van der Waals surface area contributed by atoms with Crippen LogP contribution in [0.25, 0.3) is 0 Å². The van der Waals surface area contributed by atoms with Crippen molar-refractivity contribution in [3.05, 3.63) is 47.6 Å². The highest BCUT2D eigenvalue weighted by Gasteiger charge is 2.74. The summed E-state index contributed by atoms with van der Waals surface area (Å²) >= 11 is 0. The molecular formula is C29H33NO6. The molecule has 0 radical (unpaired) electrons. The van der Waals surface area contributed by atoms with E-state index in [0.29, 0.717) is 38.6 Å². The summed E-state index contributed by atoms with van der Waals surface area (Å²) in [4.78, 5) is 27.4. The molecule has 7 rings (SSSR count). The maximum atomic E-state index is 14.1.